The summed E-state index contributed by atoms with van der Waals surface area (Å²) in [6.07, 6.45) is 4.98. The molecule has 0 saturated heterocycles. The number of halogens is 2. The van der Waals surface area contributed by atoms with E-state index in [1.54, 1.807) is 24.7 Å². The zero-order valence-electron chi connectivity index (χ0n) is 10.7. The Morgan fingerprint density at radius 1 is 1.24 bits per heavy atom. The van der Waals surface area contributed by atoms with Crippen molar-refractivity contribution in [1.82, 2.24) is 9.97 Å². The van der Waals surface area contributed by atoms with Crippen LogP contribution >= 0.6 is 27.5 Å². The normalized spacial score (nSPS) is 10.6. The monoisotopic (exact) mass is 361 g/mol. The fourth-order valence-corrected chi connectivity index (χ4v) is 2.52. The first kappa shape index (κ1) is 14.0. The molecule has 0 aliphatic heterocycles. The first-order chi connectivity index (χ1) is 10.1. The van der Waals surface area contributed by atoms with Gasteiger partial charge in [-0.15, -0.1) is 0 Å². The lowest BCUT2D eigenvalue weighted by atomic mass is 10.1. The number of amides is 1. The zero-order valence-corrected chi connectivity index (χ0v) is 13.0. The molecule has 0 aliphatic rings. The number of carbonyl (C=O) groups is 1. The Hall–Kier alpha value is -1.98. The molecule has 0 unspecified atom stereocenters. The summed E-state index contributed by atoms with van der Waals surface area (Å²) in [5, 5.41) is 4.89. The van der Waals surface area contributed by atoms with Crippen molar-refractivity contribution in [3.63, 3.8) is 0 Å². The third kappa shape index (κ3) is 2.89. The second kappa shape index (κ2) is 5.79. The fraction of sp³-hybridized carbons (Fsp3) is 0. The highest BCUT2D eigenvalue weighted by atomic mass is 79.9. The number of hydrogen-bond acceptors (Lipinski definition) is 3. The molecule has 0 saturated carbocycles. The van der Waals surface area contributed by atoms with Crippen LogP contribution in [0, 0.1) is 0 Å². The number of rotatable bonds is 2. The van der Waals surface area contributed by atoms with Gasteiger partial charge in [0.2, 0.25) is 0 Å². The van der Waals surface area contributed by atoms with E-state index in [2.05, 4.69) is 31.2 Å². The molecule has 0 atom stereocenters. The summed E-state index contributed by atoms with van der Waals surface area (Å²) in [6, 6.07) is 9.12. The molecule has 2 heterocycles. The molecule has 6 heteroatoms. The second-order valence-corrected chi connectivity index (χ2v) is 5.62. The Balaban J connectivity index is 1.99. The molecule has 21 heavy (non-hydrogen) atoms. The summed E-state index contributed by atoms with van der Waals surface area (Å²) in [4.78, 5) is 20.4. The lowest BCUT2D eigenvalue weighted by molar-refractivity contribution is 0.102. The number of pyridine rings is 2. The number of fused-ring (bicyclic) bond motifs is 1. The molecule has 0 radical (unpaired) electrons. The Bertz CT molecular complexity index is 833. The van der Waals surface area contributed by atoms with Crippen LogP contribution in [0.3, 0.4) is 0 Å². The van der Waals surface area contributed by atoms with E-state index in [0.717, 1.165) is 10.8 Å². The number of anilines is 1. The summed E-state index contributed by atoms with van der Waals surface area (Å²) in [5.74, 6) is -0.307. The van der Waals surface area contributed by atoms with Crippen LogP contribution in [0.2, 0.25) is 5.15 Å². The molecule has 3 aromatic rings. The van der Waals surface area contributed by atoms with Gasteiger partial charge in [0.1, 0.15) is 5.15 Å². The van der Waals surface area contributed by atoms with Crippen LogP contribution in [0.4, 0.5) is 5.69 Å². The highest BCUT2D eigenvalue weighted by molar-refractivity contribution is 9.10. The molecule has 0 aliphatic carbocycles. The SMILES string of the molecule is O=C(Nc1cccc2cnccc12)c1cc(Br)cnc1Cl. The molecule has 4 nitrogen and oxygen atoms in total. The first-order valence-electron chi connectivity index (χ1n) is 6.10. The molecular weight excluding hydrogens is 354 g/mol. The van der Waals surface area contributed by atoms with Gasteiger partial charge in [0, 0.05) is 39.5 Å². The minimum atomic E-state index is -0.307. The third-order valence-corrected chi connectivity index (χ3v) is 3.71. The Morgan fingerprint density at radius 2 is 2.10 bits per heavy atom. The van der Waals surface area contributed by atoms with Gasteiger partial charge in [-0.25, -0.2) is 4.98 Å². The van der Waals surface area contributed by atoms with Gasteiger partial charge in [0.05, 0.1) is 5.56 Å². The molecule has 0 fully saturated rings. The molecule has 1 aromatic carbocycles. The molecule has 0 bridgehead atoms. The van der Waals surface area contributed by atoms with Crippen LogP contribution in [0.15, 0.2) is 53.4 Å². The highest BCUT2D eigenvalue weighted by Gasteiger charge is 2.13. The third-order valence-electron chi connectivity index (χ3n) is 2.98. The van der Waals surface area contributed by atoms with E-state index in [4.69, 9.17) is 11.6 Å². The predicted octanol–water partition coefficient (Wildman–Crippen LogP) is 4.30. The van der Waals surface area contributed by atoms with Crippen LogP contribution in [-0.4, -0.2) is 15.9 Å². The zero-order chi connectivity index (χ0) is 14.8. The molecular formula is C15H9BrClN3O. The van der Waals surface area contributed by atoms with Crippen molar-refractivity contribution >= 4 is 49.9 Å². The van der Waals surface area contributed by atoms with Crippen molar-refractivity contribution in [2.45, 2.75) is 0 Å². The van der Waals surface area contributed by atoms with Crippen molar-refractivity contribution < 1.29 is 4.79 Å². The van der Waals surface area contributed by atoms with Crippen LogP contribution in [0.25, 0.3) is 10.8 Å². The van der Waals surface area contributed by atoms with Gasteiger partial charge in [0.15, 0.2) is 0 Å². The van der Waals surface area contributed by atoms with Crippen LogP contribution in [-0.2, 0) is 0 Å². The fourth-order valence-electron chi connectivity index (χ4n) is 2.00. The van der Waals surface area contributed by atoms with E-state index in [-0.39, 0.29) is 11.1 Å². The predicted molar refractivity (Wildman–Crippen MR) is 86.6 cm³/mol. The maximum Gasteiger partial charge on any atom is 0.258 e. The van der Waals surface area contributed by atoms with Gasteiger partial charge < -0.3 is 5.32 Å². The smallest absolute Gasteiger partial charge is 0.258 e. The molecule has 2 aromatic heterocycles. The van der Waals surface area contributed by atoms with Crippen LogP contribution < -0.4 is 5.32 Å². The maximum absolute atomic E-state index is 12.4. The molecule has 3 rings (SSSR count). The number of carbonyl (C=O) groups excluding carboxylic acids is 1. The summed E-state index contributed by atoms with van der Waals surface area (Å²) < 4.78 is 0.694. The number of benzene rings is 1. The van der Waals surface area contributed by atoms with Gasteiger partial charge in [-0.2, -0.15) is 0 Å². The van der Waals surface area contributed by atoms with Gasteiger partial charge in [-0.3, -0.25) is 9.78 Å². The summed E-state index contributed by atoms with van der Waals surface area (Å²) in [5.41, 5.74) is 1.02. The van der Waals surface area contributed by atoms with E-state index in [0.29, 0.717) is 15.7 Å². The second-order valence-electron chi connectivity index (χ2n) is 4.35. The molecule has 0 spiro atoms. The summed E-state index contributed by atoms with van der Waals surface area (Å²) in [7, 11) is 0. The Morgan fingerprint density at radius 3 is 2.95 bits per heavy atom. The van der Waals surface area contributed by atoms with Crippen molar-refractivity contribution in [3.05, 3.63) is 64.1 Å². The largest absolute Gasteiger partial charge is 0.321 e. The number of aromatic nitrogens is 2. The van der Waals surface area contributed by atoms with Gasteiger partial charge in [0.25, 0.3) is 5.91 Å². The Kier molecular flexibility index (Phi) is 3.86. The van der Waals surface area contributed by atoms with Gasteiger partial charge in [-0.05, 0) is 34.1 Å². The lowest BCUT2D eigenvalue weighted by Gasteiger charge is -2.09. The topological polar surface area (TPSA) is 54.9 Å². The van der Waals surface area contributed by atoms with Gasteiger partial charge in [-0.1, -0.05) is 23.7 Å². The standard InChI is InChI=1S/C15H9BrClN3O/c16-10-6-12(14(17)19-8-10)15(21)20-13-3-1-2-9-7-18-5-4-11(9)13/h1-8H,(H,20,21). The van der Waals surface area contributed by atoms with Crippen molar-refractivity contribution in [2.75, 3.05) is 5.32 Å². The van der Waals surface area contributed by atoms with Gasteiger partial charge >= 0.3 is 0 Å². The van der Waals surface area contributed by atoms with E-state index in [1.807, 2.05) is 24.3 Å². The minimum absolute atomic E-state index is 0.164. The van der Waals surface area contributed by atoms with Crippen molar-refractivity contribution in [1.29, 1.82) is 0 Å². The average molecular weight is 363 g/mol. The summed E-state index contributed by atoms with van der Waals surface area (Å²) in [6.45, 7) is 0. The van der Waals surface area contributed by atoms with E-state index in [9.17, 15) is 4.79 Å². The minimum Gasteiger partial charge on any atom is -0.321 e. The molecule has 1 amide bonds. The van der Waals surface area contributed by atoms with E-state index in [1.165, 1.54) is 0 Å². The highest BCUT2D eigenvalue weighted by Crippen LogP contribution is 2.24. The lowest BCUT2D eigenvalue weighted by Crippen LogP contribution is -2.13. The number of nitrogens with zero attached hydrogens (tertiary/aromatic N) is 2. The number of nitrogens with one attached hydrogen (secondary N) is 1. The van der Waals surface area contributed by atoms with Crippen molar-refractivity contribution in [2.24, 2.45) is 0 Å². The van der Waals surface area contributed by atoms with Crippen LogP contribution in [0.5, 0.6) is 0 Å². The number of hydrogen-bond donors (Lipinski definition) is 1. The first-order valence-corrected chi connectivity index (χ1v) is 7.27. The van der Waals surface area contributed by atoms with E-state index >= 15 is 0 Å². The molecule has 1 N–H and O–H groups in total. The average Bonchev–Trinajstić information content (AvgIpc) is 2.50. The van der Waals surface area contributed by atoms with E-state index < -0.39 is 0 Å². The van der Waals surface area contributed by atoms with Crippen molar-refractivity contribution in [3.8, 4) is 0 Å². The van der Waals surface area contributed by atoms with Crippen LogP contribution in [0.1, 0.15) is 10.4 Å². The molecule has 104 valence electrons. The maximum atomic E-state index is 12.4. The quantitative estimate of drug-likeness (QED) is 0.692. The summed E-state index contributed by atoms with van der Waals surface area (Å²) >= 11 is 9.25. The Labute approximate surface area is 134 Å².